The number of nitrogens with one attached hydrogen (secondary N) is 1. The molecule has 16 heavy (non-hydrogen) atoms. The summed E-state index contributed by atoms with van der Waals surface area (Å²) in [6, 6.07) is 0. The first kappa shape index (κ1) is 12.6. The van der Waals surface area contributed by atoms with Crippen LogP contribution in [0, 0.1) is 17.0 Å². The molecule has 1 aromatic heterocycles. The van der Waals surface area contributed by atoms with Gasteiger partial charge in [0, 0.05) is 6.54 Å². The molecule has 7 nitrogen and oxygen atoms in total. The van der Waals surface area contributed by atoms with Crippen LogP contribution in [0.25, 0.3) is 0 Å². The summed E-state index contributed by atoms with van der Waals surface area (Å²) in [7, 11) is 0. The molecule has 1 heterocycles. The number of carbonyl (C=O) groups is 1. The topological polar surface area (TPSA) is 90.1 Å². The van der Waals surface area contributed by atoms with E-state index in [0.29, 0.717) is 16.7 Å². The minimum absolute atomic E-state index is 0.0217. The molecule has 0 spiro atoms. The van der Waals surface area contributed by atoms with Gasteiger partial charge in [-0.3, -0.25) is 4.79 Å². The second kappa shape index (κ2) is 5.06. The number of hydrogen-bond donors (Lipinski definition) is 1. The molecule has 0 radical (unpaired) electrons. The molecule has 1 rings (SSSR count). The SMILES string of the molecule is CCNC(=O)Cn1nc([N+](=O)[O-])c(Br)c1C. The van der Waals surface area contributed by atoms with Gasteiger partial charge in [-0.05, 0) is 34.7 Å². The van der Waals surface area contributed by atoms with Gasteiger partial charge in [0.1, 0.15) is 11.0 Å². The van der Waals surface area contributed by atoms with Crippen LogP contribution in [-0.4, -0.2) is 27.2 Å². The summed E-state index contributed by atoms with van der Waals surface area (Å²) in [6.07, 6.45) is 0. The van der Waals surface area contributed by atoms with Crippen molar-refractivity contribution in [2.45, 2.75) is 20.4 Å². The van der Waals surface area contributed by atoms with Crippen LogP contribution in [0.2, 0.25) is 0 Å². The number of likely N-dealkylation sites (N-methyl/N-ethyl adjacent to an activating group) is 1. The third-order valence-corrected chi connectivity index (χ3v) is 2.89. The van der Waals surface area contributed by atoms with E-state index in [9.17, 15) is 14.9 Å². The molecular formula is C8H11BrN4O3. The second-order valence-corrected chi connectivity index (χ2v) is 3.88. The van der Waals surface area contributed by atoms with E-state index in [0.717, 1.165) is 0 Å². The first-order valence-corrected chi connectivity index (χ1v) is 5.40. The van der Waals surface area contributed by atoms with E-state index >= 15 is 0 Å². The highest BCUT2D eigenvalue weighted by atomic mass is 79.9. The largest absolute Gasteiger partial charge is 0.404 e. The van der Waals surface area contributed by atoms with Crippen molar-refractivity contribution in [2.24, 2.45) is 0 Å². The van der Waals surface area contributed by atoms with Crippen LogP contribution >= 0.6 is 15.9 Å². The van der Waals surface area contributed by atoms with E-state index in [4.69, 9.17) is 0 Å². The summed E-state index contributed by atoms with van der Waals surface area (Å²) in [4.78, 5) is 21.3. The molecule has 0 fully saturated rings. The predicted molar refractivity (Wildman–Crippen MR) is 60.0 cm³/mol. The van der Waals surface area contributed by atoms with Crippen LogP contribution in [0.15, 0.2) is 4.47 Å². The maximum absolute atomic E-state index is 11.3. The molecule has 0 unspecified atom stereocenters. The van der Waals surface area contributed by atoms with Crippen LogP contribution in [0.4, 0.5) is 5.82 Å². The zero-order chi connectivity index (χ0) is 12.3. The van der Waals surface area contributed by atoms with Crippen molar-refractivity contribution >= 4 is 27.7 Å². The molecule has 1 aromatic rings. The third kappa shape index (κ3) is 2.57. The molecule has 8 heteroatoms. The maximum Gasteiger partial charge on any atom is 0.404 e. The Bertz CT molecular complexity index is 429. The first-order valence-electron chi connectivity index (χ1n) is 4.61. The van der Waals surface area contributed by atoms with Gasteiger partial charge in [0.15, 0.2) is 0 Å². The number of carbonyl (C=O) groups excluding carboxylic acids is 1. The van der Waals surface area contributed by atoms with Crippen molar-refractivity contribution in [2.75, 3.05) is 6.54 Å². The molecule has 0 saturated carbocycles. The van der Waals surface area contributed by atoms with E-state index in [-0.39, 0.29) is 18.3 Å². The zero-order valence-electron chi connectivity index (χ0n) is 8.86. The Kier molecular flexibility index (Phi) is 3.99. The molecule has 0 saturated heterocycles. The molecular weight excluding hydrogens is 280 g/mol. The van der Waals surface area contributed by atoms with E-state index < -0.39 is 4.92 Å². The van der Waals surface area contributed by atoms with Crippen LogP contribution in [0.3, 0.4) is 0 Å². The minimum atomic E-state index is -0.592. The van der Waals surface area contributed by atoms with Gasteiger partial charge >= 0.3 is 5.82 Å². The van der Waals surface area contributed by atoms with Crippen molar-refractivity contribution in [1.82, 2.24) is 15.1 Å². The first-order chi connectivity index (χ1) is 7.47. The quantitative estimate of drug-likeness (QED) is 0.662. The highest BCUT2D eigenvalue weighted by Gasteiger charge is 2.24. The van der Waals surface area contributed by atoms with Gasteiger partial charge in [0.25, 0.3) is 0 Å². The van der Waals surface area contributed by atoms with Gasteiger partial charge < -0.3 is 15.4 Å². The lowest BCUT2D eigenvalue weighted by Crippen LogP contribution is -2.27. The number of aromatic nitrogens is 2. The Morgan fingerprint density at radius 2 is 2.31 bits per heavy atom. The van der Waals surface area contributed by atoms with Gasteiger partial charge in [0.2, 0.25) is 5.91 Å². The predicted octanol–water partition coefficient (Wildman–Crippen LogP) is 0.998. The Hall–Kier alpha value is -1.44. The zero-order valence-corrected chi connectivity index (χ0v) is 10.4. The lowest BCUT2D eigenvalue weighted by molar-refractivity contribution is -0.390. The Morgan fingerprint density at radius 1 is 1.69 bits per heavy atom. The number of amides is 1. The van der Waals surface area contributed by atoms with Crippen molar-refractivity contribution < 1.29 is 9.72 Å². The van der Waals surface area contributed by atoms with Gasteiger partial charge in [-0.1, -0.05) is 0 Å². The summed E-state index contributed by atoms with van der Waals surface area (Å²) in [6.45, 7) is 3.95. The molecule has 0 atom stereocenters. The lowest BCUT2D eigenvalue weighted by atomic mass is 10.4. The van der Waals surface area contributed by atoms with Crippen LogP contribution in [-0.2, 0) is 11.3 Å². The second-order valence-electron chi connectivity index (χ2n) is 3.09. The van der Waals surface area contributed by atoms with Crippen molar-refractivity contribution in [3.63, 3.8) is 0 Å². The van der Waals surface area contributed by atoms with Crippen LogP contribution in [0.1, 0.15) is 12.6 Å². The summed E-state index contributed by atoms with van der Waals surface area (Å²) < 4.78 is 1.61. The number of hydrogen-bond acceptors (Lipinski definition) is 4. The number of nitro groups is 1. The van der Waals surface area contributed by atoms with Gasteiger partial charge in [0.05, 0.1) is 10.8 Å². The molecule has 0 aliphatic rings. The summed E-state index contributed by atoms with van der Waals surface area (Å²) in [5, 5.41) is 16.9. The normalized spacial score (nSPS) is 10.2. The fourth-order valence-electron chi connectivity index (χ4n) is 1.17. The van der Waals surface area contributed by atoms with Gasteiger partial charge in [-0.2, -0.15) is 4.68 Å². The Labute approximate surface area is 100 Å². The van der Waals surface area contributed by atoms with Gasteiger partial charge in [-0.15, -0.1) is 0 Å². The molecule has 0 aromatic carbocycles. The fourth-order valence-corrected chi connectivity index (χ4v) is 1.60. The molecule has 0 bridgehead atoms. The van der Waals surface area contributed by atoms with Crippen molar-refractivity contribution in [3.05, 3.63) is 20.3 Å². The summed E-state index contributed by atoms with van der Waals surface area (Å²) in [5.74, 6) is -0.503. The standard InChI is InChI=1S/C8H11BrN4O3/c1-3-10-6(14)4-12-5(2)7(9)8(11-12)13(15)16/h3-4H2,1-2H3,(H,10,14). The van der Waals surface area contributed by atoms with E-state index in [1.165, 1.54) is 4.68 Å². The highest BCUT2D eigenvalue weighted by molar-refractivity contribution is 9.10. The average molecular weight is 291 g/mol. The molecule has 0 aliphatic heterocycles. The fraction of sp³-hybridized carbons (Fsp3) is 0.500. The Balaban J connectivity index is 2.94. The Morgan fingerprint density at radius 3 is 2.75 bits per heavy atom. The highest BCUT2D eigenvalue weighted by Crippen LogP contribution is 2.26. The number of rotatable bonds is 4. The number of nitrogens with zero attached hydrogens (tertiary/aromatic N) is 3. The molecule has 88 valence electrons. The summed E-state index contributed by atoms with van der Waals surface area (Å²) in [5.41, 5.74) is 0.554. The third-order valence-electron chi connectivity index (χ3n) is 1.96. The molecule has 1 amide bonds. The average Bonchev–Trinajstić information content (AvgIpc) is 2.46. The summed E-state index contributed by atoms with van der Waals surface area (Å²) >= 11 is 3.07. The van der Waals surface area contributed by atoms with Crippen LogP contribution in [0.5, 0.6) is 0 Å². The van der Waals surface area contributed by atoms with Crippen molar-refractivity contribution in [3.8, 4) is 0 Å². The lowest BCUT2D eigenvalue weighted by Gasteiger charge is -2.00. The smallest absolute Gasteiger partial charge is 0.358 e. The maximum atomic E-state index is 11.3. The van der Waals surface area contributed by atoms with Crippen LogP contribution < -0.4 is 5.32 Å². The minimum Gasteiger partial charge on any atom is -0.358 e. The number of halogens is 1. The van der Waals surface area contributed by atoms with E-state index in [1.807, 2.05) is 0 Å². The molecule has 1 N–H and O–H groups in total. The van der Waals surface area contributed by atoms with Crippen molar-refractivity contribution in [1.29, 1.82) is 0 Å². The van der Waals surface area contributed by atoms with E-state index in [2.05, 4.69) is 26.3 Å². The monoisotopic (exact) mass is 290 g/mol. The van der Waals surface area contributed by atoms with Gasteiger partial charge in [-0.25, -0.2) is 0 Å². The van der Waals surface area contributed by atoms with E-state index in [1.54, 1.807) is 13.8 Å². The molecule has 0 aliphatic carbocycles.